The molecule has 8 heteroatoms. The second-order valence-electron chi connectivity index (χ2n) is 5.98. The van der Waals surface area contributed by atoms with E-state index in [0.29, 0.717) is 24.2 Å². The number of benzene rings is 1. The van der Waals surface area contributed by atoms with Crippen molar-refractivity contribution in [3.63, 3.8) is 0 Å². The third-order valence-electron chi connectivity index (χ3n) is 4.34. The topological polar surface area (TPSA) is 70.7 Å². The first-order chi connectivity index (χ1) is 11.4. The highest BCUT2D eigenvalue weighted by molar-refractivity contribution is 5.95. The number of aromatic nitrogens is 3. The molecular weight excluding hydrogens is 321 g/mol. The van der Waals surface area contributed by atoms with Crippen LogP contribution in [0.2, 0.25) is 0 Å². The van der Waals surface area contributed by atoms with Crippen molar-refractivity contribution in [2.75, 3.05) is 0 Å². The number of carbonyl (C=O) groups is 1. The first-order valence-corrected chi connectivity index (χ1v) is 7.77. The molecule has 0 saturated heterocycles. The van der Waals surface area contributed by atoms with Gasteiger partial charge in [-0.25, -0.2) is 4.98 Å². The Kier molecular flexibility index (Phi) is 4.55. The fraction of sp³-hybridized carbons (Fsp3) is 0.438. The van der Waals surface area contributed by atoms with Gasteiger partial charge in [0.2, 0.25) is 0 Å². The zero-order valence-corrected chi connectivity index (χ0v) is 12.8. The van der Waals surface area contributed by atoms with Crippen LogP contribution in [0.1, 0.15) is 36.0 Å². The summed E-state index contributed by atoms with van der Waals surface area (Å²) in [5.41, 5.74) is 1.17. The summed E-state index contributed by atoms with van der Waals surface area (Å²) in [6, 6.07) is 6.65. The lowest BCUT2D eigenvalue weighted by atomic mass is 9.85. The lowest BCUT2D eigenvalue weighted by molar-refractivity contribution is -0.182. The minimum absolute atomic E-state index is 0.0621. The summed E-state index contributed by atoms with van der Waals surface area (Å²) >= 11 is 0. The van der Waals surface area contributed by atoms with Gasteiger partial charge in [0, 0.05) is 17.2 Å². The molecule has 2 N–H and O–H groups in total. The van der Waals surface area contributed by atoms with Crippen molar-refractivity contribution in [2.24, 2.45) is 5.92 Å². The maximum absolute atomic E-state index is 12.7. The Morgan fingerprint density at radius 2 is 1.96 bits per heavy atom. The molecule has 128 valence electrons. The average molecular weight is 338 g/mol. The minimum atomic E-state index is -4.14. The van der Waals surface area contributed by atoms with E-state index in [2.05, 4.69) is 20.5 Å². The summed E-state index contributed by atoms with van der Waals surface area (Å²) < 4.78 is 38.0. The number of carbonyl (C=O) groups excluding carboxylic acids is 1. The maximum Gasteiger partial charge on any atom is 0.391 e. The van der Waals surface area contributed by atoms with E-state index in [4.69, 9.17) is 0 Å². The van der Waals surface area contributed by atoms with Crippen LogP contribution in [0.25, 0.3) is 11.4 Å². The van der Waals surface area contributed by atoms with E-state index in [1.165, 1.54) is 6.33 Å². The first-order valence-electron chi connectivity index (χ1n) is 7.77. The molecule has 1 aliphatic carbocycles. The molecule has 0 unspecified atom stereocenters. The standard InChI is InChI=1S/C16H17F3N4O/c17-16(18,19)12-4-6-13(7-5-12)22-15(24)11-3-1-2-10(8-11)14-20-9-21-23-14/h1-3,8-9,12-13H,4-7H2,(H,22,24)(H,20,21,23). The van der Waals surface area contributed by atoms with Gasteiger partial charge in [0.05, 0.1) is 5.92 Å². The zero-order valence-electron chi connectivity index (χ0n) is 12.8. The molecule has 1 fully saturated rings. The SMILES string of the molecule is O=C(NC1CCC(C(F)(F)F)CC1)c1cccc(-c2ncn[nH]2)c1. The van der Waals surface area contributed by atoms with Gasteiger partial charge in [-0.3, -0.25) is 9.89 Å². The highest BCUT2D eigenvalue weighted by Gasteiger charge is 2.41. The van der Waals surface area contributed by atoms with Crippen molar-refractivity contribution in [1.29, 1.82) is 0 Å². The number of aromatic amines is 1. The molecule has 1 heterocycles. The molecule has 1 aliphatic rings. The molecule has 3 rings (SSSR count). The van der Waals surface area contributed by atoms with Crippen molar-refractivity contribution in [1.82, 2.24) is 20.5 Å². The smallest absolute Gasteiger partial charge is 0.349 e. The van der Waals surface area contributed by atoms with Gasteiger partial charge in [-0.1, -0.05) is 12.1 Å². The Labute approximate surface area is 136 Å². The van der Waals surface area contributed by atoms with Crippen molar-refractivity contribution in [2.45, 2.75) is 37.9 Å². The molecule has 1 aromatic heterocycles. The molecule has 2 aromatic rings. The second kappa shape index (κ2) is 6.62. The number of hydrogen-bond donors (Lipinski definition) is 2. The molecule has 0 aliphatic heterocycles. The fourth-order valence-corrected chi connectivity index (χ4v) is 2.99. The van der Waals surface area contributed by atoms with Gasteiger partial charge in [0.15, 0.2) is 5.82 Å². The van der Waals surface area contributed by atoms with E-state index < -0.39 is 12.1 Å². The van der Waals surface area contributed by atoms with Crippen LogP contribution in [0.4, 0.5) is 13.2 Å². The normalized spacial score (nSPS) is 21.5. The Morgan fingerprint density at radius 1 is 1.21 bits per heavy atom. The molecule has 0 atom stereocenters. The van der Waals surface area contributed by atoms with Crippen LogP contribution in [0.3, 0.4) is 0 Å². The van der Waals surface area contributed by atoms with Gasteiger partial charge in [-0.15, -0.1) is 0 Å². The van der Waals surface area contributed by atoms with E-state index >= 15 is 0 Å². The lowest BCUT2D eigenvalue weighted by Gasteiger charge is -2.30. The van der Waals surface area contributed by atoms with Crippen LogP contribution in [0.15, 0.2) is 30.6 Å². The Balaban J connectivity index is 1.61. The number of H-pyrrole nitrogens is 1. The van der Waals surface area contributed by atoms with Gasteiger partial charge in [0.1, 0.15) is 6.33 Å². The fourth-order valence-electron chi connectivity index (χ4n) is 2.99. The second-order valence-corrected chi connectivity index (χ2v) is 5.98. The number of rotatable bonds is 3. The third kappa shape index (κ3) is 3.74. The maximum atomic E-state index is 12.7. The van der Waals surface area contributed by atoms with Crippen LogP contribution >= 0.6 is 0 Å². The zero-order chi connectivity index (χ0) is 17.2. The lowest BCUT2D eigenvalue weighted by Crippen LogP contribution is -2.40. The molecule has 5 nitrogen and oxygen atoms in total. The van der Waals surface area contributed by atoms with Crippen molar-refractivity contribution in [3.05, 3.63) is 36.2 Å². The van der Waals surface area contributed by atoms with Crippen LogP contribution in [-0.4, -0.2) is 33.3 Å². The number of nitrogens with one attached hydrogen (secondary N) is 2. The van der Waals surface area contributed by atoms with Gasteiger partial charge in [-0.2, -0.15) is 18.3 Å². The van der Waals surface area contributed by atoms with Gasteiger partial charge >= 0.3 is 6.18 Å². The van der Waals surface area contributed by atoms with Crippen LogP contribution in [-0.2, 0) is 0 Å². The Hall–Kier alpha value is -2.38. The quantitative estimate of drug-likeness (QED) is 0.902. The van der Waals surface area contributed by atoms with E-state index in [9.17, 15) is 18.0 Å². The minimum Gasteiger partial charge on any atom is -0.349 e. The predicted octanol–water partition coefficient (Wildman–Crippen LogP) is 3.32. The summed E-state index contributed by atoms with van der Waals surface area (Å²) in [5.74, 6) is -0.984. The van der Waals surface area contributed by atoms with Gasteiger partial charge in [0.25, 0.3) is 5.91 Å². The Bertz CT molecular complexity index is 692. The summed E-state index contributed by atoms with van der Waals surface area (Å²) in [4.78, 5) is 16.4. The average Bonchev–Trinajstić information content (AvgIpc) is 3.09. The largest absolute Gasteiger partial charge is 0.391 e. The molecule has 0 radical (unpaired) electrons. The molecule has 1 amide bonds. The van der Waals surface area contributed by atoms with Crippen LogP contribution in [0, 0.1) is 5.92 Å². The van der Waals surface area contributed by atoms with Gasteiger partial charge in [-0.05, 0) is 37.8 Å². The number of nitrogens with zero attached hydrogens (tertiary/aromatic N) is 2. The van der Waals surface area contributed by atoms with Gasteiger partial charge < -0.3 is 5.32 Å². The highest BCUT2D eigenvalue weighted by atomic mass is 19.4. The van der Waals surface area contributed by atoms with E-state index in [-0.39, 0.29) is 24.8 Å². The summed E-state index contributed by atoms with van der Waals surface area (Å²) in [7, 11) is 0. The molecule has 1 saturated carbocycles. The third-order valence-corrected chi connectivity index (χ3v) is 4.34. The number of amides is 1. The molecule has 0 bridgehead atoms. The number of hydrogen-bond acceptors (Lipinski definition) is 3. The molecule has 1 aromatic carbocycles. The van der Waals surface area contributed by atoms with E-state index in [1.54, 1.807) is 24.3 Å². The number of alkyl halides is 3. The molecule has 24 heavy (non-hydrogen) atoms. The van der Waals surface area contributed by atoms with E-state index in [1.807, 2.05) is 0 Å². The molecule has 0 spiro atoms. The van der Waals surface area contributed by atoms with Crippen LogP contribution < -0.4 is 5.32 Å². The number of halogens is 3. The summed E-state index contributed by atoms with van der Waals surface area (Å²) in [5, 5.41) is 9.31. The predicted molar refractivity (Wildman–Crippen MR) is 81.1 cm³/mol. The summed E-state index contributed by atoms with van der Waals surface area (Å²) in [6.07, 6.45) is -1.95. The van der Waals surface area contributed by atoms with Crippen molar-refractivity contribution >= 4 is 5.91 Å². The van der Waals surface area contributed by atoms with Crippen LogP contribution in [0.5, 0.6) is 0 Å². The monoisotopic (exact) mass is 338 g/mol. The van der Waals surface area contributed by atoms with Crippen molar-refractivity contribution in [3.8, 4) is 11.4 Å². The highest BCUT2D eigenvalue weighted by Crippen LogP contribution is 2.37. The van der Waals surface area contributed by atoms with Crippen molar-refractivity contribution < 1.29 is 18.0 Å². The Morgan fingerprint density at radius 3 is 2.58 bits per heavy atom. The molecular formula is C16H17F3N4O. The van der Waals surface area contributed by atoms with E-state index in [0.717, 1.165) is 5.56 Å². The summed E-state index contributed by atoms with van der Waals surface area (Å²) in [6.45, 7) is 0. The first kappa shape index (κ1) is 16.5.